The molecule has 0 aromatic heterocycles. The van der Waals surface area contributed by atoms with E-state index < -0.39 is 247 Å². The zero-order valence-corrected chi connectivity index (χ0v) is 39.5. The first kappa shape index (κ1) is 63.6. The molecule has 23 N–H and O–H groups in total. The molecule has 27 atom stereocenters. The van der Waals surface area contributed by atoms with Crippen LogP contribution in [0.4, 0.5) is 0 Å². The monoisotopic (exact) mass is 1120 g/mol. The van der Waals surface area contributed by atoms with Crippen molar-refractivity contribution in [1.82, 2.24) is 10.6 Å². The van der Waals surface area contributed by atoms with E-state index in [2.05, 4.69) is 5.32 Å². The summed E-state index contributed by atoms with van der Waals surface area (Å²) in [6, 6.07) is -3.70. The standard InChI is InChI=1S/C40H66N2O34/c43-3-12(51)21(55)30-19(41-17(53)7-47)10(49)1-39(74-30,37(64)65)68-9-16-24(58)32(27(61)35(71-16)72-29-15(6-46)69-34(63)26(60)25(29)59)73-36-28(62)33(23(57)14(5-45)70-36)76-40(38(66)67)2-11(50)20(42-18(54)8-48)31(75-40)22(56)13(52)4-44/h10-16,19-36,43-52,55-63H,1-9H2,(H,41,53)(H,42,54)(H,64,65)(H,66,67)/t10-,11-,12+,13+,14+,15+,16+,19+,20+,21+,22+,23-,24-,25+,26+,27+,28+,29+,30+,31+,32-,33-,34+,35-,36-,39+,40-/m0/s1. The lowest BCUT2D eigenvalue weighted by molar-refractivity contribution is -0.396. The Morgan fingerprint density at radius 1 is 0.526 bits per heavy atom. The molecule has 0 saturated carbocycles. The zero-order chi connectivity index (χ0) is 56.9. The van der Waals surface area contributed by atoms with Crippen LogP contribution in [0.2, 0.25) is 0 Å². The van der Waals surface area contributed by atoms with Crippen molar-refractivity contribution in [3.05, 3.63) is 0 Å². The smallest absolute Gasteiger partial charge is 0.364 e. The number of aliphatic hydroxyl groups excluding tert-OH is 19. The molecule has 5 rings (SSSR count). The normalized spacial score (nSPS) is 43.8. The maximum Gasteiger partial charge on any atom is 0.364 e. The molecule has 0 aliphatic carbocycles. The number of carboxylic acid groups (broad SMARTS) is 2. The molecule has 5 aliphatic rings. The molecule has 0 aromatic carbocycles. The number of aliphatic hydroxyl groups is 19. The lowest BCUT2D eigenvalue weighted by Crippen LogP contribution is -2.71. The number of carbonyl (C=O) groups is 4. The summed E-state index contributed by atoms with van der Waals surface area (Å²) >= 11 is 0. The van der Waals surface area contributed by atoms with Crippen LogP contribution in [-0.2, 0) is 61.8 Å². The Labute approximate surface area is 426 Å². The van der Waals surface area contributed by atoms with Gasteiger partial charge in [0.1, 0.15) is 123 Å². The molecule has 2 amide bonds. The number of ether oxygens (including phenoxy) is 9. The van der Waals surface area contributed by atoms with Crippen molar-refractivity contribution in [2.75, 3.05) is 46.2 Å². The molecule has 5 fully saturated rings. The molecule has 0 spiro atoms. The fraction of sp³-hybridized carbons (Fsp3) is 0.900. The Morgan fingerprint density at radius 2 is 0.961 bits per heavy atom. The number of aliphatic carboxylic acids is 2. The molecule has 5 heterocycles. The number of carbonyl (C=O) groups excluding carboxylic acids is 2. The molecular weight excluding hydrogens is 1050 g/mol. The van der Waals surface area contributed by atoms with Crippen LogP contribution in [0.5, 0.6) is 0 Å². The highest BCUT2D eigenvalue weighted by Gasteiger charge is 2.62. The van der Waals surface area contributed by atoms with Crippen molar-refractivity contribution in [3.63, 3.8) is 0 Å². The number of hydrogen-bond acceptors (Lipinski definition) is 32. The van der Waals surface area contributed by atoms with E-state index in [1.54, 1.807) is 0 Å². The van der Waals surface area contributed by atoms with Gasteiger partial charge >= 0.3 is 11.9 Å². The van der Waals surface area contributed by atoms with Gasteiger partial charge in [0.2, 0.25) is 11.8 Å². The number of amides is 2. The molecule has 0 radical (unpaired) electrons. The van der Waals surface area contributed by atoms with E-state index in [4.69, 9.17) is 42.6 Å². The molecule has 0 bridgehead atoms. The van der Waals surface area contributed by atoms with E-state index in [-0.39, 0.29) is 0 Å². The average Bonchev–Trinajstić information content (AvgIpc) is 3.39. The van der Waals surface area contributed by atoms with Gasteiger partial charge in [0, 0.05) is 12.8 Å². The van der Waals surface area contributed by atoms with Gasteiger partial charge in [-0.3, -0.25) is 9.59 Å². The first-order valence-corrected chi connectivity index (χ1v) is 23.2. The second-order valence-electron chi connectivity index (χ2n) is 18.4. The predicted octanol–water partition coefficient (Wildman–Crippen LogP) is -15.3. The third kappa shape index (κ3) is 13.5. The highest BCUT2D eigenvalue weighted by atomic mass is 16.8. The summed E-state index contributed by atoms with van der Waals surface area (Å²) in [5, 5.41) is 226. The van der Waals surface area contributed by atoms with Crippen LogP contribution < -0.4 is 10.6 Å². The number of carboxylic acids is 2. The Hall–Kier alpha value is -3.24. The average molecular weight is 1120 g/mol. The van der Waals surface area contributed by atoms with Crippen LogP contribution in [0.1, 0.15) is 12.8 Å². The summed E-state index contributed by atoms with van der Waals surface area (Å²) in [5.74, 6) is -13.2. The van der Waals surface area contributed by atoms with Crippen LogP contribution in [-0.4, -0.2) is 342 Å². The van der Waals surface area contributed by atoms with Gasteiger partial charge in [-0.2, -0.15) is 0 Å². The molecule has 76 heavy (non-hydrogen) atoms. The summed E-state index contributed by atoms with van der Waals surface area (Å²) in [5.41, 5.74) is 0. The van der Waals surface area contributed by atoms with Crippen LogP contribution >= 0.6 is 0 Å². The molecule has 5 saturated heterocycles. The molecule has 0 unspecified atom stereocenters. The van der Waals surface area contributed by atoms with E-state index in [1.165, 1.54) is 0 Å². The molecule has 36 heteroatoms. The molecule has 5 aliphatic heterocycles. The summed E-state index contributed by atoms with van der Waals surface area (Å²) in [6.07, 6.45) is -54.1. The third-order valence-corrected chi connectivity index (χ3v) is 13.3. The summed E-state index contributed by atoms with van der Waals surface area (Å²) in [6.45, 7) is -8.48. The van der Waals surface area contributed by atoms with Crippen molar-refractivity contribution < 1.29 is 169 Å². The molecular formula is C40H66N2O34. The van der Waals surface area contributed by atoms with Crippen LogP contribution in [0.3, 0.4) is 0 Å². The fourth-order valence-electron chi connectivity index (χ4n) is 9.12. The minimum Gasteiger partial charge on any atom is -0.477 e. The molecule has 0 aromatic rings. The van der Waals surface area contributed by atoms with Gasteiger partial charge in [-0.1, -0.05) is 0 Å². The molecule has 440 valence electrons. The van der Waals surface area contributed by atoms with E-state index in [1.807, 2.05) is 5.32 Å². The van der Waals surface area contributed by atoms with Crippen molar-refractivity contribution in [2.24, 2.45) is 0 Å². The van der Waals surface area contributed by atoms with Gasteiger partial charge in [-0.05, 0) is 0 Å². The predicted molar refractivity (Wildman–Crippen MR) is 227 cm³/mol. The van der Waals surface area contributed by atoms with Crippen molar-refractivity contribution in [3.8, 4) is 0 Å². The fourth-order valence-corrected chi connectivity index (χ4v) is 9.12. The summed E-state index contributed by atoms with van der Waals surface area (Å²) < 4.78 is 50.1. The second kappa shape index (κ2) is 26.8. The summed E-state index contributed by atoms with van der Waals surface area (Å²) in [4.78, 5) is 50.3. The summed E-state index contributed by atoms with van der Waals surface area (Å²) in [7, 11) is 0. The largest absolute Gasteiger partial charge is 0.477 e. The van der Waals surface area contributed by atoms with E-state index in [0.29, 0.717) is 0 Å². The topological polar surface area (TPSA) is 600 Å². The number of nitrogens with one attached hydrogen (secondary N) is 2. The Bertz CT molecular complexity index is 1910. The Morgan fingerprint density at radius 3 is 1.42 bits per heavy atom. The minimum atomic E-state index is -3.34. The highest BCUT2D eigenvalue weighted by Crippen LogP contribution is 2.40. The maximum atomic E-state index is 13.0. The number of hydrogen-bond donors (Lipinski definition) is 23. The molecule has 36 nitrogen and oxygen atoms in total. The van der Waals surface area contributed by atoms with E-state index >= 15 is 0 Å². The van der Waals surface area contributed by atoms with Crippen molar-refractivity contribution in [1.29, 1.82) is 0 Å². The lowest BCUT2D eigenvalue weighted by atomic mass is 9.88. The Kier molecular flexibility index (Phi) is 22.4. The maximum absolute atomic E-state index is 13.0. The first-order valence-electron chi connectivity index (χ1n) is 23.2. The minimum absolute atomic E-state index is 1.07. The number of rotatable bonds is 23. The lowest BCUT2D eigenvalue weighted by Gasteiger charge is -2.51. The van der Waals surface area contributed by atoms with Gasteiger partial charge in [-0.15, -0.1) is 0 Å². The quantitative estimate of drug-likeness (QED) is 0.0452. The van der Waals surface area contributed by atoms with Gasteiger partial charge in [0.25, 0.3) is 11.6 Å². The first-order chi connectivity index (χ1) is 35.7. The van der Waals surface area contributed by atoms with E-state index in [9.17, 15) is 126 Å². The van der Waals surface area contributed by atoms with Crippen LogP contribution in [0.15, 0.2) is 0 Å². The van der Waals surface area contributed by atoms with Gasteiger partial charge in [-0.25, -0.2) is 9.59 Å². The Balaban J connectivity index is 1.51. The SMILES string of the molecule is O=C(CO)N[C@H]1[C@H]([C@H](O)[C@H](O)CO)O[C@@](OC[C@H]2O[C@@H](O[C@H]3[C@H](O)[C@@H](O)[C@H](O)O[C@@H]3CO)[C@H](O)[C@@H](O[C@@H]3O[C@H](CO)[C@H](O)[C@H](O[C@]4(C(=O)O)C[C@H](O)[C@@H](NC(=O)CO)[C@H]([C@H](O)[C@H](O)CO)O4)[C@H]3O)[C@H]2O)(C(=O)O)C[C@@H]1O. The second-order valence-corrected chi connectivity index (χ2v) is 18.4. The zero-order valence-electron chi connectivity index (χ0n) is 39.5. The highest BCUT2D eigenvalue weighted by molar-refractivity contribution is 5.79. The van der Waals surface area contributed by atoms with Crippen LogP contribution in [0, 0.1) is 0 Å². The van der Waals surface area contributed by atoms with Crippen LogP contribution in [0.25, 0.3) is 0 Å². The van der Waals surface area contributed by atoms with E-state index in [0.717, 1.165) is 0 Å². The van der Waals surface area contributed by atoms with Crippen molar-refractivity contribution >= 4 is 23.8 Å². The van der Waals surface area contributed by atoms with Gasteiger partial charge < -0.3 is 161 Å². The van der Waals surface area contributed by atoms with Crippen molar-refractivity contribution in [2.45, 2.75) is 177 Å². The van der Waals surface area contributed by atoms with Gasteiger partial charge in [0.05, 0.1) is 57.3 Å². The third-order valence-electron chi connectivity index (χ3n) is 13.3. The van der Waals surface area contributed by atoms with Gasteiger partial charge in [0.15, 0.2) is 18.9 Å².